The van der Waals surface area contributed by atoms with E-state index in [0.29, 0.717) is 84.5 Å². The van der Waals surface area contributed by atoms with Gasteiger partial charge in [-0.2, -0.15) is 0 Å². The number of carbonyl (C=O) groups excluding carboxylic acids is 3. The highest BCUT2D eigenvalue weighted by Gasteiger charge is 2.34. The van der Waals surface area contributed by atoms with Crippen LogP contribution in [0.4, 0.5) is 0 Å². The van der Waals surface area contributed by atoms with Gasteiger partial charge in [-0.15, -0.1) is 0 Å². The van der Waals surface area contributed by atoms with E-state index in [1.807, 2.05) is 7.05 Å². The highest BCUT2D eigenvalue weighted by Crippen LogP contribution is 2.31. The van der Waals surface area contributed by atoms with Crippen LogP contribution in [0, 0.1) is 11.3 Å². The van der Waals surface area contributed by atoms with Gasteiger partial charge >= 0.3 is 0 Å². The number of nitrogens with one attached hydrogen (secondary N) is 2. The first kappa shape index (κ1) is 30.9. The van der Waals surface area contributed by atoms with Gasteiger partial charge < -0.3 is 40.2 Å². The molecule has 0 aromatic rings. The van der Waals surface area contributed by atoms with Crippen LogP contribution in [0.1, 0.15) is 26.2 Å². The predicted molar refractivity (Wildman–Crippen MR) is 139 cm³/mol. The molecule has 0 spiro atoms. The number of ether oxygens (including phenoxy) is 4. The van der Waals surface area contributed by atoms with Crippen LogP contribution in [-0.2, 0) is 33.3 Å². The van der Waals surface area contributed by atoms with Crippen molar-refractivity contribution in [3.05, 3.63) is 23.8 Å². The number of nitrogens with zero attached hydrogens (tertiary/aromatic N) is 1. The van der Waals surface area contributed by atoms with Gasteiger partial charge in [-0.05, 0) is 33.2 Å². The molecule has 2 aliphatic rings. The van der Waals surface area contributed by atoms with Crippen molar-refractivity contribution in [3.8, 4) is 0 Å². The number of rotatable bonds is 18. The molecule has 0 saturated carbocycles. The zero-order chi connectivity index (χ0) is 26.9. The minimum atomic E-state index is -0.771. The van der Waals surface area contributed by atoms with Crippen molar-refractivity contribution in [1.29, 1.82) is 0 Å². The summed E-state index contributed by atoms with van der Waals surface area (Å²) in [5.41, 5.74) is 5.04. The van der Waals surface area contributed by atoms with E-state index in [9.17, 15) is 14.4 Å². The molecule has 4 N–H and O–H groups in total. The van der Waals surface area contributed by atoms with Gasteiger partial charge in [-0.3, -0.25) is 14.4 Å². The average molecular weight is 525 g/mol. The molecule has 0 bridgehead atoms. The smallest absolute Gasteiger partial charge is 0.244 e. The van der Waals surface area contributed by atoms with E-state index in [0.717, 1.165) is 19.4 Å². The molecule has 0 aromatic heterocycles. The molecule has 0 aromatic carbocycles. The zero-order valence-corrected chi connectivity index (χ0v) is 22.3. The van der Waals surface area contributed by atoms with Crippen molar-refractivity contribution in [1.82, 2.24) is 15.5 Å². The third kappa shape index (κ3) is 12.2. The normalized spacial score (nSPS) is 20.0. The number of primary amides is 1. The summed E-state index contributed by atoms with van der Waals surface area (Å²) < 4.78 is 21.8. The Bertz CT molecular complexity index is 783. The fourth-order valence-corrected chi connectivity index (χ4v) is 4.00. The molecule has 1 saturated heterocycles. The lowest BCUT2D eigenvalue weighted by Crippen LogP contribution is -2.42. The van der Waals surface area contributed by atoms with E-state index in [2.05, 4.69) is 15.5 Å². The average Bonchev–Trinajstić information content (AvgIpc) is 2.89. The van der Waals surface area contributed by atoms with E-state index in [-0.39, 0.29) is 17.7 Å². The number of allylic oxidation sites excluding steroid dienone is 2. The number of nitrogens with two attached hydrogens (primary N) is 1. The quantitative estimate of drug-likeness (QED) is 0.213. The number of hydrogen-bond donors (Lipinski definition) is 3. The molecule has 1 aliphatic carbocycles. The van der Waals surface area contributed by atoms with Crippen LogP contribution in [0.25, 0.3) is 0 Å². The van der Waals surface area contributed by atoms with Gasteiger partial charge in [0.05, 0.1) is 45.1 Å². The SMILES string of the molecule is CN(CCNC(=O)C1(C)C=CC=C(C(N)=O)C1)CCOCCOCCOCCNC(=O)C1CCOCC1. The van der Waals surface area contributed by atoms with Gasteiger partial charge in [0.2, 0.25) is 17.7 Å². The molecule has 0 radical (unpaired) electrons. The lowest BCUT2D eigenvalue weighted by atomic mass is 9.79. The van der Waals surface area contributed by atoms with Crippen molar-refractivity contribution < 1.29 is 33.3 Å². The summed E-state index contributed by atoms with van der Waals surface area (Å²) in [6.07, 6.45) is 7.04. The third-order valence-corrected chi connectivity index (χ3v) is 6.43. The Morgan fingerprint density at radius 2 is 1.65 bits per heavy atom. The Morgan fingerprint density at radius 3 is 2.32 bits per heavy atom. The van der Waals surface area contributed by atoms with Gasteiger partial charge in [0.1, 0.15) is 0 Å². The van der Waals surface area contributed by atoms with E-state index in [1.165, 1.54) is 0 Å². The van der Waals surface area contributed by atoms with Crippen LogP contribution >= 0.6 is 0 Å². The largest absolute Gasteiger partial charge is 0.381 e. The lowest BCUT2D eigenvalue weighted by Gasteiger charge is -2.28. The van der Waals surface area contributed by atoms with Gasteiger partial charge in [0, 0.05) is 50.9 Å². The number of carbonyl (C=O) groups is 3. The van der Waals surface area contributed by atoms with E-state index in [4.69, 9.17) is 24.7 Å². The van der Waals surface area contributed by atoms with E-state index >= 15 is 0 Å². The molecule has 2 rings (SSSR count). The van der Waals surface area contributed by atoms with E-state index in [1.54, 1.807) is 25.2 Å². The Labute approximate surface area is 220 Å². The molecular formula is C26H44N4O7. The summed E-state index contributed by atoms with van der Waals surface area (Å²) in [4.78, 5) is 38.1. The maximum atomic E-state index is 12.6. The molecule has 37 heavy (non-hydrogen) atoms. The van der Waals surface area contributed by atoms with Gasteiger partial charge in [0.25, 0.3) is 0 Å². The summed E-state index contributed by atoms with van der Waals surface area (Å²) in [5.74, 6) is -0.478. The van der Waals surface area contributed by atoms with Crippen LogP contribution in [-0.4, -0.2) is 109 Å². The van der Waals surface area contributed by atoms with Crippen molar-refractivity contribution >= 4 is 17.7 Å². The summed E-state index contributed by atoms with van der Waals surface area (Å²) in [6.45, 7) is 8.46. The minimum absolute atomic E-state index is 0.0579. The number of likely N-dealkylation sites (N-methyl/N-ethyl adjacent to an activating group) is 1. The fourth-order valence-electron chi connectivity index (χ4n) is 4.00. The van der Waals surface area contributed by atoms with Crippen LogP contribution in [0.5, 0.6) is 0 Å². The molecule has 11 heteroatoms. The topological polar surface area (TPSA) is 141 Å². The van der Waals surface area contributed by atoms with Crippen LogP contribution in [0.2, 0.25) is 0 Å². The number of amides is 3. The van der Waals surface area contributed by atoms with Crippen molar-refractivity contribution in [2.75, 3.05) is 86.1 Å². The fraction of sp³-hybridized carbons (Fsp3) is 0.731. The van der Waals surface area contributed by atoms with Crippen LogP contribution in [0.3, 0.4) is 0 Å². The second-order valence-electron chi connectivity index (χ2n) is 9.58. The zero-order valence-electron chi connectivity index (χ0n) is 22.3. The highest BCUT2D eigenvalue weighted by molar-refractivity contribution is 5.95. The molecule has 3 amide bonds. The lowest BCUT2D eigenvalue weighted by molar-refractivity contribution is -0.128. The van der Waals surface area contributed by atoms with Gasteiger partial charge in [-0.25, -0.2) is 0 Å². The Kier molecular flexibility index (Phi) is 14.4. The van der Waals surface area contributed by atoms with E-state index < -0.39 is 11.3 Å². The predicted octanol–water partition coefficient (Wildman–Crippen LogP) is 0.00490. The Hall–Kier alpha value is -2.31. The van der Waals surface area contributed by atoms with Crippen molar-refractivity contribution in [2.24, 2.45) is 17.1 Å². The van der Waals surface area contributed by atoms with Gasteiger partial charge in [0.15, 0.2) is 0 Å². The second kappa shape index (κ2) is 17.2. The maximum absolute atomic E-state index is 12.6. The molecule has 1 atom stereocenters. The molecular weight excluding hydrogens is 480 g/mol. The van der Waals surface area contributed by atoms with Crippen LogP contribution < -0.4 is 16.4 Å². The third-order valence-electron chi connectivity index (χ3n) is 6.43. The summed E-state index contributed by atoms with van der Waals surface area (Å²) in [7, 11) is 1.96. The summed E-state index contributed by atoms with van der Waals surface area (Å²) >= 11 is 0. The number of hydrogen-bond acceptors (Lipinski definition) is 8. The van der Waals surface area contributed by atoms with Crippen LogP contribution in [0.15, 0.2) is 23.8 Å². The molecule has 1 aliphatic heterocycles. The molecule has 1 fully saturated rings. The monoisotopic (exact) mass is 524 g/mol. The first-order valence-corrected chi connectivity index (χ1v) is 13.1. The minimum Gasteiger partial charge on any atom is -0.381 e. The summed E-state index contributed by atoms with van der Waals surface area (Å²) in [6, 6.07) is 0. The first-order valence-electron chi connectivity index (χ1n) is 13.1. The molecule has 1 unspecified atom stereocenters. The van der Waals surface area contributed by atoms with Crippen molar-refractivity contribution in [3.63, 3.8) is 0 Å². The van der Waals surface area contributed by atoms with Gasteiger partial charge in [-0.1, -0.05) is 18.2 Å². The Morgan fingerprint density at radius 1 is 1.00 bits per heavy atom. The standard InChI is InChI=1S/C26H44N4O7/c1-26(7-3-4-22(20-26)23(27)31)25(33)29-8-10-30(2)11-15-36-17-19-37-18-16-35-14-9-28-24(32)21-5-12-34-13-6-21/h3-4,7,21H,5-6,8-20H2,1-2H3,(H2,27,31)(H,28,32)(H,29,33). The maximum Gasteiger partial charge on any atom is 0.244 e. The molecule has 11 nitrogen and oxygen atoms in total. The molecule has 1 heterocycles. The highest BCUT2D eigenvalue weighted by atomic mass is 16.5. The second-order valence-corrected chi connectivity index (χ2v) is 9.58. The summed E-state index contributed by atoms with van der Waals surface area (Å²) in [5, 5.41) is 5.84. The van der Waals surface area contributed by atoms with Crippen molar-refractivity contribution in [2.45, 2.75) is 26.2 Å². The Balaban J connectivity index is 1.37. The first-order chi connectivity index (χ1) is 17.8. The molecule has 210 valence electrons.